The second-order valence-electron chi connectivity index (χ2n) is 6.88. The first-order valence-corrected chi connectivity index (χ1v) is 9.70. The Labute approximate surface area is 179 Å². The van der Waals surface area contributed by atoms with Crippen molar-refractivity contribution in [3.8, 4) is 5.75 Å². The summed E-state index contributed by atoms with van der Waals surface area (Å²) in [7, 11) is 0. The van der Waals surface area contributed by atoms with Gasteiger partial charge in [-0.25, -0.2) is 4.39 Å². The quantitative estimate of drug-likeness (QED) is 0.486. The van der Waals surface area contributed by atoms with Crippen molar-refractivity contribution in [2.24, 2.45) is 0 Å². The van der Waals surface area contributed by atoms with Gasteiger partial charge in [-0.05, 0) is 60.2 Å². The first-order valence-electron chi connectivity index (χ1n) is 8.94. The fourth-order valence-corrected chi connectivity index (χ4v) is 4.07. The average molecular weight is 442 g/mol. The standard InChI is InChI=1S/C21H19Cl2FN2O.ClH/c22-17-7-14(8-18(23)11-17)13-26-5-2-19(3-6-26)27-21-10-15-1-4-25-12-16(15)9-20(21)24;/h1,4,7-12,19H,2-3,5-6,13H2;1H. The zero-order chi connectivity index (χ0) is 18.8. The Morgan fingerprint density at radius 2 is 1.75 bits per heavy atom. The van der Waals surface area contributed by atoms with E-state index in [0.717, 1.165) is 48.8 Å². The normalized spacial score (nSPS) is 15.4. The predicted molar refractivity (Wildman–Crippen MR) is 114 cm³/mol. The summed E-state index contributed by atoms with van der Waals surface area (Å²) in [6.45, 7) is 2.56. The van der Waals surface area contributed by atoms with Crippen molar-refractivity contribution in [3.05, 3.63) is 70.2 Å². The van der Waals surface area contributed by atoms with Gasteiger partial charge in [0.25, 0.3) is 0 Å². The monoisotopic (exact) mass is 440 g/mol. The Kier molecular flexibility index (Phi) is 7.00. The van der Waals surface area contributed by atoms with Crippen molar-refractivity contribution in [3.63, 3.8) is 0 Å². The molecule has 0 aliphatic carbocycles. The maximum Gasteiger partial charge on any atom is 0.165 e. The molecule has 1 aliphatic rings. The molecular weight excluding hydrogens is 422 g/mol. The van der Waals surface area contributed by atoms with E-state index in [9.17, 15) is 4.39 Å². The third-order valence-corrected chi connectivity index (χ3v) is 5.28. The van der Waals surface area contributed by atoms with Crippen molar-refractivity contribution in [1.29, 1.82) is 0 Å². The third-order valence-electron chi connectivity index (χ3n) is 4.85. The molecule has 0 radical (unpaired) electrons. The van der Waals surface area contributed by atoms with E-state index in [1.54, 1.807) is 24.5 Å². The molecule has 0 saturated carbocycles. The van der Waals surface area contributed by atoms with Crippen molar-refractivity contribution >= 4 is 46.4 Å². The molecule has 1 aromatic heterocycles. The molecular formula is C21H20Cl3FN2O. The van der Waals surface area contributed by atoms with Crippen LogP contribution in [0.15, 0.2) is 48.8 Å². The van der Waals surface area contributed by atoms with Crippen LogP contribution in [0.2, 0.25) is 10.0 Å². The molecule has 1 aliphatic heterocycles. The Morgan fingerprint density at radius 3 is 2.46 bits per heavy atom. The molecule has 7 heteroatoms. The molecule has 0 bridgehead atoms. The van der Waals surface area contributed by atoms with Crippen molar-refractivity contribution in [2.45, 2.75) is 25.5 Å². The maximum absolute atomic E-state index is 14.3. The number of rotatable bonds is 4. The SMILES string of the molecule is Cl.Fc1cc2cnccc2cc1OC1CCN(Cc2cc(Cl)cc(Cl)c2)CC1. The molecule has 2 aromatic carbocycles. The highest BCUT2D eigenvalue weighted by Crippen LogP contribution is 2.28. The number of fused-ring (bicyclic) bond motifs is 1. The van der Waals surface area contributed by atoms with Crippen molar-refractivity contribution in [1.82, 2.24) is 9.88 Å². The molecule has 0 atom stereocenters. The predicted octanol–water partition coefficient (Wildman–Crippen LogP) is 6.15. The van der Waals surface area contributed by atoms with Gasteiger partial charge in [0.2, 0.25) is 0 Å². The van der Waals surface area contributed by atoms with Crippen LogP contribution in [0.5, 0.6) is 5.75 Å². The van der Waals surface area contributed by atoms with E-state index in [-0.39, 0.29) is 24.3 Å². The van der Waals surface area contributed by atoms with Crippen LogP contribution in [0, 0.1) is 5.82 Å². The minimum absolute atomic E-state index is 0. The number of pyridine rings is 1. The molecule has 0 unspecified atom stereocenters. The number of piperidine rings is 1. The van der Waals surface area contributed by atoms with Gasteiger partial charge in [-0.2, -0.15) is 0 Å². The first-order chi connectivity index (χ1) is 13.1. The van der Waals surface area contributed by atoms with Crippen LogP contribution in [0.4, 0.5) is 4.39 Å². The molecule has 28 heavy (non-hydrogen) atoms. The Hall–Kier alpha value is -1.59. The fourth-order valence-electron chi connectivity index (χ4n) is 3.50. The first kappa shape index (κ1) is 21.1. The van der Waals surface area contributed by atoms with Crippen LogP contribution in [0.1, 0.15) is 18.4 Å². The van der Waals surface area contributed by atoms with Gasteiger partial charge >= 0.3 is 0 Å². The second-order valence-corrected chi connectivity index (χ2v) is 7.75. The highest BCUT2D eigenvalue weighted by molar-refractivity contribution is 6.34. The number of likely N-dealkylation sites (tertiary alicyclic amines) is 1. The van der Waals surface area contributed by atoms with Gasteiger partial charge in [0.05, 0.1) is 0 Å². The van der Waals surface area contributed by atoms with E-state index < -0.39 is 0 Å². The number of halogens is 4. The summed E-state index contributed by atoms with van der Waals surface area (Å²) in [6, 6.07) is 10.7. The largest absolute Gasteiger partial charge is 0.487 e. The average Bonchev–Trinajstić information content (AvgIpc) is 2.63. The lowest BCUT2D eigenvalue weighted by atomic mass is 10.1. The Morgan fingerprint density at radius 1 is 1.04 bits per heavy atom. The summed E-state index contributed by atoms with van der Waals surface area (Å²) in [6.07, 6.45) is 5.07. The second kappa shape index (κ2) is 9.27. The van der Waals surface area contributed by atoms with E-state index >= 15 is 0 Å². The minimum Gasteiger partial charge on any atom is -0.487 e. The number of benzene rings is 2. The van der Waals surface area contributed by atoms with E-state index in [2.05, 4.69) is 9.88 Å². The van der Waals surface area contributed by atoms with Crippen LogP contribution in [0.3, 0.4) is 0 Å². The Balaban J connectivity index is 0.00000225. The van der Waals surface area contributed by atoms with Gasteiger partial charge in [0, 0.05) is 47.5 Å². The molecule has 148 valence electrons. The molecule has 4 rings (SSSR count). The summed E-state index contributed by atoms with van der Waals surface area (Å²) in [5.41, 5.74) is 1.10. The van der Waals surface area contributed by atoms with Gasteiger partial charge < -0.3 is 4.74 Å². The van der Waals surface area contributed by atoms with Gasteiger partial charge in [-0.3, -0.25) is 9.88 Å². The van der Waals surface area contributed by atoms with Gasteiger partial charge in [-0.1, -0.05) is 23.2 Å². The molecule has 2 heterocycles. The van der Waals surface area contributed by atoms with Crippen molar-refractivity contribution < 1.29 is 9.13 Å². The molecule has 3 aromatic rings. The highest BCUT2D eigenvalue weighted by atomic mass is 35.5. The smallest absolute Gasteiger partial charge is 0.165 e. The number of hydrogen-bond acceptors (Lipinski definition) is 3. The lowest BCUT2D eigenvalue weighted by Gasteiger charge is -2.32. The Bertz CT molecular complexity index is 941. The highest BCUT2D eigenvalue weighted by Gasteiger charge is 2.22. The van der Waals surface area contributed by atoms with E-state index in [1.807, 2.05) is 18.2 Å². The zero-order valence-electron chi connectivity index (χ0n) is 15.1. The van der Waals surface area contributed by atoms with E-state index in [4.69, 9.17) is 27.9 Å². The van der Waals surface area contributed by atoms with Crippen LogP contribution < -0.4 is 4.74 Å². The van der Waals surface area contributed by atoms with Crippen molar-refractivity contribution in [2.75, 3.05) is 13.1 Å². The zero-order valence-corrected chi connectivity index (χ0v) is 17.4. The van der Waals surface area contributed by atoms with Gasteiger partial charge in [0.15, 0.2) is 11.6 Å². The summed E-state index contributed by atoms with van der Waals surface area (Å²) < 4.78 is 20.3. The van der Waals surface area contributed by atoms with Crippen LogP contribution in [0.25, 0.3) is 10.8 Å². The number of ether oxygens (including phenoxy) is 1. The van der Waals surface area contributed by atoms with E-state index in [1.165, 1.54) is 6.07 Å². The number of nitrogens with zero attached hydrogens (tertiary/aromatic N) is 2. The summed E-state index contributed by atoms with van der Waals surface area (Å²) >= 11 is 12.2. The van der Waals surface area contributed by atoms with Crippen LogP contribution >= 0.6 is 35.6 Å². The molecule has 1 saturated heterocycles. The minimum atomic E-state index is -0.341. The lowest BCUT2D eigenvalue weighted by molar-refractivity contribution is 0.0937. The number of hydrogen-bond donors (Lipinski definition) is 0. The van der Waals surface area contributed by atoms with Crippen LogP contribution in [-0.2, 0) is 6.54 Å². The molecule has 0 amide bonds. The van der Waals surface area contributed by atoms with E-state index in [0.29, 0.717) is 15.8 Å². The molecule has 1 fully saturated rings. The maximum atomic E-state index is 14.3. The lowest BCUT2D eigenvalue weighted by Crippen LogP contribution is -2.37. The van der Waals surface area contributed by atoms with Gasteiger partial charge in [0.1, 0.15) is 6.10 Å². The van der Waals surface area contributed by atoms with Crippen LogP contribution in [-0.4, -0.2) is 29.1 Å². The molecule has 3 nitrogen and oxygen atoms in total. The topological polar surface area (TPSA) is 25.4 Å². The number of aromatic nitrogens is 1. The summed E-state index contributed by atoms with van der Waals surface area (Å²) in [5, 5.41) is 3.00. The summed E-state index contributed by atoms with van der Waals surface area (Å²) in [4.78, 5) is 6.36. The third kappa shape index (κ3) is 5.06. The summed E-state index contributed by atoms with van der Waals surface area (Å²) in [5.74, 6) is -0.0275. The molecule has 0 spiro atoms. The fraction of sp³-hybridized carbons (Fsp3) is 0.286. The van der Waals surface area contributed by atoms with Gasteiger partial charge in [-0.15, -0.1) is 12.4 Å². The molecule has 0 N–H and O–H groups in total.